The van der Waals surface area contributed by atoms with Crippen LogP contribution in [0.15, 0.2) is 18.2 Å². The summed E-state index contributed by atoms with van der Waals surface area (Å²) in [5.41, 5.74) is 0.234. The summed E-state index contributed by atoms with van der Waals surface area (Å²) in [6, 6.07) is 5.13. The number of rotatable bonds is 8. The van der Waals surface area contributed by atoms with Crippen molar-refractivity contribution in [3.05, 3.63) is 23.8 Å². The first-order valence-electron chi connectivity index (χ1n) is 7.41. The van der Waals surface area contributed by atoms with Crippen molar-refractivity contribution in [2.45, 2.75) is 39.7 Å². The topological polar surface area (TPSA) is 84.9 Å². The molecule has 0 bridgehead atoms. The molecule has 1 rings (SSSR count). The first-order valence-corrected chi connectivity index (χ1v) is 7.41. The van der Waals surface area contributed by atoms with Crippen LogP contribution < -0.4 is 14.8 Å². The highest BCUT2D eigenvalue weighted by Gasteiger charge is 2.26. The lowest BCUT2D eigenvalue weighted by Crippen LogP contribution is -2.32. The Hall–Kier alpha value is -2.24. The molecule has 6 nitrogen and oxygen atoms in total. The van der Waals surface area contributed by atoms with E-state index in [1.165, 1.54) is 0 Å². The van der Waals surface area contributed by atoms with Crippen molar-refractivity contribution in [3.8, 4) is 11.5 Å². The zero-order valence-electron chi connectivity index (χ0n) is 14.3. The van der Waals surface area contributed by atoms with Crippen molar-refractivity contribution >= 4 is 11.9 Å². The minimum atomic E-state index is -0.910. The van der Waals surface area contributed by atoms with Crippen LogP contribution in [0.25, 0.3) is 0 Å². The Morgan fingerprint density at radius 2 is 1.87 bits per heavy atom. The maximum Gasteiger partial charge on any atom is 0.303 e. The number of aliphatic carboxylic acids is 1. The van der Waals surface area contributed by atoms with Crippen LogP contribution in [-0.4, -0.2) is 31.2 Å². The normalized spacial score (nSPS) is 12.4. The number of carbonyl (C=O) groups excluding carboxylic acids is 1. The lowest BCUT2D eigenvalue weighted by molar-refractivity contribution is -0.139. The lowest BCUT2D eigenvalue weighted by atomic mass is 9.85. The maximum absolute atomic E-state index is 12.2. The molecule has 1 aromatic rings. The molecular weight excluding hydrogens is 298 g/mol. The van der Waals surface area contributed by atoms with Gasteiger partial charge >= 0.3 is 5.97 Å². The van der Waals surface area contributed by atoms with Gasteiger partial charge in [0.25, 0.3) is 0 Å². The summed E-state index contributed by atoms with van der Waals surface area (Å²) in [7, 11) is 3.13. The highest BCUT2D eigenvalue weighted by Crippen LogP contribution is 2.30. The van der Waals surface area contributed by atoms with E-state index < -0.39 is 11.4 Å². The molecule has 0 aliphatic carbocycles. The third-order valence-electron chi connectivity index (χ3n) is 3.55. The largest absolute Gasteiger partial charge is 0.497 e. The molecule has 1 amide bonds. The molecule has 0 saturated heterocycles. The van der Waals surface area contributed by atoms with Gasteiger partial charge in [-0.15, -0.1) is 0 Å². The van der Waals surface area contributed by atoms with Crippen LogP contribution in [0.2, 0.25) is 0 Å². The molecule has 0 spiro atoms. The molecule has 0 saturated carbocycles. The van der Waals surface area contributed by atoms with E-state index in [-0.39, 0.29) is 24.8 Å². The minimum Gasteiger partial charge on any atom is -0.497 e. The number of carboxylic acid groups (broad SMARTS) is 1. The SMILES string of the molecule is COc1ccc(C(C)NC(=O)CC(C)(C)CC(=O)O)c(OC)c1. The number of nitrogens with one attached hydrogen (secondary N) is 1. The number of hydrogen-bond acceptors (Lipinski definition) is 4. The van der Waals surface area contributed by atoms with E-state index >= 15 is 0 Å². The van der Waals surface area contributed by atoms with Gasteiger partial charge in [-0.1, -0.05) is 13.8 Å². The number of ether oxygens (including phenoxy) is 2. The van der Waals surface area contributed by atoms with Crippen LogP contribution in [0.1, 0.15) is 45.2 Å². The summed E-state index contributed by atoms with van der Waals surface area (Å²) >= 11 is 0. The Kier molecular flexibility index (Phi) is 6.42. The number of methoxy groups -OCH3 is 2. The van der Waals surface area contributed by atoms with Gasteiger partial charge in [0, 0.05) is 18.1 Å². The summed E-state index contributed by atoms with van der Waals surface area (Å²) in [6.07, 6.45) is 0.0861. The average molecular weight is 323 g/mol. The second-order valence-corrected chi connectivity index (χ2v) is 6.31. The molecule has 1 atom stereocenters. The fourth-order valence-electron chi connectivity index (χ4n) is 2.45. The quantitative estimate of drug-likeness (QED) is 0.768. The van der Waals surface area contributed by atoms with Crippen LogP contribution in [0.5, 0.6) is 11.5 Å². The van der Waals surface area contributed by atoms with Gasteiger partial charge < -0.3 is 19.9 Å². The molecule has 0 radical (unpaired) electrons. The second kappa shape index (κ2) is 7.85. The fraction of sp³-hybridized carbons (Fsp3) is 0.529. The van der Waals surface area contributed by atoms with E-state index in [1.54, 1.807) is 40.2 Å². The molecular formula is C17H25NO5. The van der Waals surface area contributed by atoms with Gasteiger partial charge in [0.1, 0.15) is 11.5 Å². The molecule has 128 valence electrons. The highest BCUT2D eigenvalue weighted by molar-refractivity contribution is 5.78. The number of carbonyl (C=O) groups is 2. The third-order valence-corrected chi connectivity index (χ3v) is 3.55. The number of hydrogen-bond donors (Lipinski definition) is 2. The smallest absolute Gasteiger partial charge is 0.303 e. The molecule has 0 fully saturated rings. The van der Waals surface area contributed by atoms with E-state index in [1.807, 2.05) is 13.0 Å². The van der Waals surface area contributed by atoms with E-state index in [0.717, 1.165) is 5.56 Å². The van der Waals surface area contributed by atoms with E-state index in [9.17, 15) is 9.59 Å². The molecule has 0 aliphatic heterocycles. The number of amides is 1. The third kappa shape index (κ3) is 5.81. The number of carboxylic acids is 1. The van der Waals surface area contributed by atoms with Gasteiger partial charge in [0.2, 0.25) is 5.91 Å². The van der Waals surface area contributed by atoms with E-state index in [4.69, 9.17) is 14.6 Å². The van der Waals surface area contributed by atoms with Gasteiger partial charge in [0.05, 0.1) is 26.7 Å². The molecule has 1 aromatic carbocycles. The van der Waals surface area contributed by atoms with Crippen molar-refractivity contribution in [2.75, 3.05) is 14.2 Å². The van der Waals surface area contributed by atoms with Crippen molar-refractivity contribution in [3.63, 3.8) is 0 Å². The summed E-state index contributed by atoms with van der Waals surface area (Å²) in [5, 5.41) is 11.8. The van der Waals surface area contributed by atoms with E-state index in [0.29, 0.717) is 11.5 Å². The summed E-state index contributed by atoms with van der Waals surface area (Å²) in [5.74, 6) is 0.197. The first-order chi connectivity index (χ1) is 10.7. The van der Waals surface area contributed by atoms with Gasteiger partial charge in [-0.25, -0.2) is 0 Å². The Balaban J connectivity index is 2.77. The zero-order chi connectivity index (χ0) is 17.6. The predicted molar refractivity (Wildman–Crippen MR) is 86.8 cm³/mol. The van der Waals surface area contributed by atoms with Gasteiger partial charge in [-0.05, 0) is 24.5 Å². The molecule has 2 N–H and O–H groups in total. The van der Waals surface area contributed by atoms with Crippen molar-refractivity contribution in [1.82, 2.24) is 5.32 Å². The Morgan fingerprint density at radius 3 is 2.39 bits per heavy atom. The van der Waals surface area contributed by atoms with Crippen molar-refractivity contribution < 1.29 is 24.2 Å². The zero-order valence-corrected chi connectivity index (χ0v) is 14.3. The second-order valence-electron chi connectivity index (χ2n) is 6.31. The summed E-state index contributed by atoms with van der Waals surface area (Å²) < 4.78 is 10.5. The molecule has 1 unspecified atom stereocenters. The summed E-state index contributed by atoms with van der Waals surface area (Å²) in [6.45, 7) is 5.38. The number of benzene rings is 1. The van der Waals surface area contributed by atoms with Crippen molar-refractivity contribution in [2.24, 2.45) is 5.41 Å². The Labute approximate surface area is 136 Å². The fourth-order valence-corrected chi connectivity index (χ4v) is 2.45. The molecule has 0 aliphatic rings. The first kappa shape index (κ1) is 18.8. The van der Waals surface area contributed by atoms with E-state index in [2.05, 4.69) is 5.32 Å². The Bertz CT molecular complexity index is 568. The lowest BCUT2D eigenvalue weighted by Gasteiger charge is -2.24. The minimum absolute atomic E-state index is 0.0549. The van der Waals surface area contributed by atoms with Crippen LogP contribution in [0.3, 0.4) is 0 Å². The van der Waals surface area contributed by atoms with Crippen LogP contribution in [0, 0.1) is 5.41 Å². The van der Waals surface area contributed by atoms with Crippen LogP contribution in [-0.2, 0) is 9.59 Å². The van der Waals surface area contributed by atoms with Gasteiger partial charge in [-0.3, -0.25) is 9.59 Å². The van der Waals surface area contributed by atoms with Crippen LogP contribution >= 0.6 is 0 Å². The standard InChI is InChI=1S/C17H25NO5/c1-11(13-7-6-12(22-4)8-14(13)23-5)18-15(19)9-17(2,3)10-16(20)21/h6-8,11H,9-10H2,1-5H3,(H,18,19)(H,20,21). The molecule has 6 heteroatoms. The van der Waals surface area contributed by atoms with Gasteiger partial charge in [-0.2, -0.15) is 0 Å². The van der Waals surface area contributed by atoms with Crippen molar-refractivity contribution in [1.29, 1.82) is 0 Å². The highest BCUT2D eigenvalue weighted by atomic mass is 16.5. The van der Waals surface area contributed by atoms with Gasteiger partial charge in [0.15, 0.2) is 0 Å². The molecule has 23 heavy (non-hydrogen) atoms. The monoisotopic (exact) mass is 323 g/mol. The summed E-state index contributed by atoms with van der Waals surface area (Å²) in [4.78, 5) is 23.0. The van der Waals surface area contributed by atoms with Crippen LogP contribution in [0.4, 0.5) is 0 Å². The average Bonchev–Trinajstić information content (AvgIpc) is 2.43. The maximum atomic E-state index is 12.2. The molecule has 0 heterocycles. The Morgan fingerprint density at radius 1 is 1.22 bits per heavy atom. The predicted octanol–water partition coefficient (Wildman–Crippen LogP) is 2.77. The molecule has 0 aromatic heterocycles.